The van der Waals surface area contributed by atoms with E-state index in [2.05, 4.69) is 4.90 Å². The lowest BCUT2D eigenvalue weighted by Crippen LogP contribution is -2.33. The summed E-state index contributed by atoms with van der Waals surface area (Å²) in [7, 11) is 0. The van der Waals surface area contributed by atoms with E-state index in [0.717, 1.165) is 28.2 Å². The molecule has 0 fully saturated rings. The van der Waals surface area contributed by atoms with Gasteiger partial charge >= 0.3 is 0 Å². The van der Waals surface area contributed by atoms with E-state index in [9.17, 15) is 9.50 Å². The first-order valence-corrected chi connectivity index (χ1v) is 9.73. The van der Waals surface area contributed by atoms with Crippen LogP contribution in [0.2, 0.25) is 0 Å². The molecule has 0 aliphatic carbocycles. The third kappa shape index (κ3) is 5.34. The number of hydrogen-bond donors (Lipinski definition) is 1. The molecule has 0 amide bonds. The summed E-state index contributed by atoms with van der Waals surface area (Å²) in [6, 6.07) is 22.4. The lowest BCUT2D eigenvalue weighted by Gasteiger charge is -2.25. The van der Waals surface area contributed by atoms with E-state index in [0.29, 0.717) is 26.1 Å². The summed E-state index contributed by atoms with van der Waals surface area (Å²) in [4.78, 5) is 2.17. The Morgan fingerprint density at radius 1 is 0.828 bits per heavy atom. The lowest BCUT2D eigenvalue weighted by atomic mass is 10.1. The van der Waals surface area contributed by atoms with Gasteiger partial charge in [-0.25, -0.2) is 4.39 Å². The van der Waals surface area contributed by atoms with Gasteiger partial charge in [0.1, 0.15) is 5.82 Å². The zero-order chi connectivity index (χ0) is 20.1. The molecule has 3 aromatic carbocycles. The van der Waals surface area contributed by atoms with Gasteiger partial charge in [0.05, 0.1) is 6.10 Å². The number of rotatable bonds is 8. The van der Waals surface area contributed by atoms with E-state index in [-0.39, 0.29) is 12.6 Å². The normalized spacial score (nSPS) is 13.6. The van der Waals surface area contributed by atoms with Crippen molar-refractivity contribution in [1.29, 1.82) is 0 Å². The summed E-state index contributed by atoms with van der Waals surface area (Å²) in [5.41, 5.74) is 3.17. The molecule has 0 radical (unpaired) electrons. The van der Waals surface area contributed by atoms with Crippen LogP contribution < -0.4 is 9.47 Å². The largest absolute Gasteiger partial charge is 0.454 e. The molecule has 4 nitrogen and oxygen atoms in total. The fourth-order valence-corrected chi connectivity index (χ4v) is 3.58. The number of aliphatic hydroxyl groups excluding tert-OH is 1. The van der Waals surface area contributed by atoms with Gasteiger partial charge in [0.25, 0.3) is 0 Å². The summed E-state index contributed by atoms with van der Waals surface area (Å²) in [5.74, 6) is 1.25. The van der Waals surface area contributed by atoms with E-state index in [1.165, 1.54) is 12.1 Å². The molecule has 0 saturated carbocycles. The second kappa shape index (κ2) is 9.07. The minimum absolute atomic E-state index is 0.244. The van der Waals surface area contributed by atoms with Crippen molar-refractivity contribution in [2.24, 2.45) is 0 Å². The second-order valence-electron chi connectivity index (χ2n) is 7.33. The third-order valence-electron chi connectivity index (χ3n) is 4.95. The van der Waals surface area contributed by atoms with Gasteiger partial charge in [-0.05, 0) is 47.4 Å². The molecule has 1 N–H and O–H groups in total. The fraction of sp³-hybridized carbons (Fsp3) is 0.250. The average molecular weight is 393 g/mol. The molecular formula is C24H24FNO3. The van der Waals surface area contributed by atoms with Gasteiger partial charge in [0.2, 0.25) is 6.79 Å². The predicted octanol–water partition coefficient (Wildman–Crippen LogP) is 4.16. The van der Waals surface area contributed by atoms with Gasteiger partial charge in [-0.1, -0.05) is 48.5 Å². The van der Waals surface area contributed by atoms with E-state index < -0.39 is 6.10 Å². The number of fused-ring (bicyclic) bond motifs is 1. The van der Waals surface area contributed by atoms with E-state index in [1.54, 1.807) is 12.1 Å². The van der Waals surface area contributed by atoms with Crippen molar-refractivity contribution in [2.45, 2.75) is 25.6 Å². The zero-order valence-corrected chi connectivity index (χ0v) is 16.1. The second-order valence-corrected chi connectivity index (χ2v) is 7.33. The Morgan fingerprint density at radius 3 is 2.31 bits per heavy atom. The number of nitrogens with zero attached hydrogens (tertiary/aromatic N) is 1. The van der Waals surface area contributed by atoms with Crippen LogP contribution in [-0.4, -0.2) is 29.4 Å². The topological polar surface area (TPSA) is 41.9 Å². The zero-order valence-electron chi connectivity index (χ0n) is 16.1. The highest BCUT2D eigenvalue weighted by Crippen LogP contribution is 2.33. The molecule has 1 aliphatic rings. The number of ether oxygens (including phenoxy) is 2. The molecule has 29 heavy (non-hydrogen) atoms. The molecule has 150 valence electrons. The van der Waals surface area contributed by atoms with E-state index >= 15 is 0 Å². The Hall–Kier alpha value is -2.89. The molecular weight excluding hydrogens is 369 g/mol. The molecule has 1 heterocycles. The monoisotopic (exact) mass is 393 g/mol. The van der Waals surface area contributed by atoms with Gasteiger partial charge in [-0.2, -0.15) is 0 Å². The lowest BCUT2D eigenvalue weighted by molar-refractivity contribution is 0.104. The number of halogens is 1. The van der Waals surface area contributed by atoms with E-state index in [4.69, 9.17) is 9.47 Å². The summed E-state index contributed by atoms with van der Waals surface area (Å²) >= 11 is 0. The van der Waals surface area contributed by atoms with Crippen LogP contribution >= 0.6 is 0 Å². The smallest absolute Gasteiger partial charge is 0.231 e. The number of benzene rings is 3. The van der Waals surface area contributed by atoms with Gasteiger partial charge in [0, 0.05) is 19.6 Å². The van der Waals surface area contributed by atoms with E-state index in [1.807, 2.05) is 48.5 Å². The highest BCUT2D eigenvalue weighted by atomic mass is 19.1. The van der Waals surface area contributed by atoms with Crippen LogP contribution in [0.4, 0.5) is 4.39 Å². The van der Waals surface area contributed by atoms with Crippen molar-refractivity contribution < 1.29 is 19.0 Å². The molecule has 0 spiro atoms. The van der Waals surface area contributed by atoms with Crippen LogP contribution in [0.1, 0.15) is 16.7 Å². The Kier molecular flexibility index (Phi) is 6.08. The third-order valence-corrected chi connectivity index (χ3v) is 4.95. The van der Waals surface area contributed by atoms with Crippen molar-refractivity contribution in [1.82, 2.24) is 4.90 Å². The first-order chi connectivity index (χ1) is 14.2. The van der Waals surface area contributed by atoms with Crippen molar-refractivity contribution >= 4 is 0 Å². The van der Waals surface area contributed by atoms with Gasteiger partial charge in [0.15, 0.2) is 11.5 Å². The quantitative estimate of drug-likeness (QED) is 0.624. The van der Waals surface area contributed by atoms with Crippen molar-refractivity contribution in [3.8, 4) is 11.5 Å². The molecule has 1 aliphatic heterocycles. The predicted molar refractivity (Wildman–Crippen MR) is 109 cm³/mol. The average Bonchev–Trinajstić information content (AvgIpc) is 3.18. The summed E-state index contributed by atoms with van der Waals surface area (Å²) in [5, 5.41) is 10.7. The molecule has 0 unspecified atom stereocenters. The summed E-state index contributed by atoms with van der Waals surface area (Å²) in [6.07, 6.45) is 0.0777. The maximum absolute atomic E-state index is 13.3. The SMILES string of the molecule is O[C@H](Cc1ccccc1)CN(Cc1ccc(F)cc1)Cc1ccc2c(c1)OCO2. The minimum Gasteiger partial charge on any atom is -0.454 e. The molecule has 0 aromatic heterocycles. The van der Waals surface area contributed by atoms with Crippen molar-refractivity contribution in [2.75, 3.05) is 13.3 Å². The van der Waals surface area contributed by atoms with Gasteiger partial charge in [-0.15, -0.1) is 0 Å². The highest BCUT2D eigenvalue weighted by molar-refractivity contribution is 5.44. The maximum atomic E-state index is 13.3. The van der Waals surface area contributed by atoms with Crippen LogP contribution in [-0.2, 0) is 19.5 Å². The molecule has 0 saturated heterocycles. The summed E-state index contributed by atoms with van der Waals surface area (Å²) in [6.45, 7) is 2.00. The fourth-order valence-electron chi connectivity index (χ4n) is 3.58. The molecule has 3 aromatic rings. The highest BCUT2D eigenvalue weighted by Gasteiger charge is 2.17. The van der Waals surface area contributed by atoms with Crippen LogP contribution in [0.3, 0.4) is 0 Å². The first kappa shape index (κ1) is 19.4. The van der Waals surface area contributed by atoms with Crippen molar-refractivity contribution in [3.05, 3.63) is 95.3 Å². The first-order valence-electron chi connectivity index (χ1n) is 9.73. The Morgan fingerprint density at radius 2 is 1.52 bits per heavy atom. The van der Waals surface area contributed by atoms with Crippen LogP contribution in [0.5, 0.6) is 11.5 Å². The van der Waals surface area contributed by atoms with Crippen LogP contribution in [0.25, 0.3) is 0 Å². The molecule has 1 atom stereocenters. The number of hydrogen-bond acceptors (Lipinski definition) is 4. The van der Waals surface area contributed by atoms with Gasteiger partial charge < -0.3 is 14.6 Å². The van der Waals surface area contributed by atoms with Crippen LogP contribution in [0, 0.1) is 5.82 Å². The standard InChI is InChI=1S/C24H24FNO3/c25-21-9-6-19(7-10-21)14-26(16-22(27)12-18-4-2-1-3-5-18)15-20-8-11-23-24(13-20)29-17-28-23/h1-11,13,22,27H,12,14-17H2/t22-/m1/s1. The molecule has 4 rings (SSSR count). The molecule has 0 bridgehead atoms. The Labute approximate surface area is 170 Å². The Bertz CT molecular complexity index is 931. The summed E-state index contributed by atoms with van der Waals surface area (Å²) < 4.78 is 24.1. The Balaban J connectivity index is 1.47. The van der Waals surface area contributed by atoms with Crippen LogP contribution in [0.15, 0.2) is 72.8 Å². The van der Waals surface area contributed by atoms with Gasteiger partial charge in [-0.3, -0.25) is 4.90 Å². The minimum atomic E-state index is -0.508. The molecule has 5 heteroatoms. The maximum Gasteiger partial charge on any atom is 0.231 e. The van der Waals surface area contributed by atoms with Crippen molar-refractivity contribution in [3.63, 3.8) is 0 Å². The number of aliphatic hydroxyl groups is 1.